The molecule has 1 atom stereocenters. The molecule has 1 aromatic rings. The molecule has 0 spiro atoms. The predicted molar refractivity (Wildman–Crippen MR) is 73.9 cm³/mol. The lowest BCUT2D eigenvalue weighted by molar-refractivity contribution is -0.138. The zero-order chi connectivity index (χ0) is 14.3. The van der Waals surface area contributed by atoms with E-state index in [-0.39, 0.29) is 12.5 Å². The van der Waals surface area contributed by atoms with E-state index in [4.69, 9.17) is 14.6 Å². The van der Waals surface area contributed by atoms with Gasteiger partial charge >= 0.3 is 5.97 Å². The molecule has 4 nitrogen and oxygen atoms in total. The summed E-state index contributed by atoms with van der Waals surface area (Å²) in [4.78, 5) is 10.6. The molecule has 0 heterocycles. The number of ether oxygens (including phenoxy) is 2. The van der Waals surface area contributed by atoms with Crippen molar-refractivity contribution in [2.75, 3.05) is 6.61 Å². The minimum absolute atomic E-state index is 0.0270. The van der Waals surface area contributed by atoms with Crippen LogP contribution in [-0.2, 0) is 11.2 Å². The van der Waals surface area contributed by atoms with Crippen molar-refractivity contribution in [1.29, 1.82) is 0 Å². The molecule has 0 saturated heterocycles. The van der Waals surface area contributed by atoms with Gasteiger partial charge in [-0.3, -0.25) is 4.79 Å². The van der Waals surface area contributed by atoms with Gasteiger partial charge in [0.2, 0.25) is 0 Å². The standard InChI is InChI=1S/C15H20O4/c1-4-6-12-10-13(18-5-2)7-8-14(12)19-11(3)9-15(16)17/h4,7-8,10-11H,1,5-6,9H2,2-3H3,(H,16,17)/t11-/m0/s1. The van der Waals surface area contributed by atoms with Crippen LogP contribution in [0.4, 0.5) is 0 Å². The summed E-state index contributed by atoms with van der Waals surface area (Å²) in [7, 11) is 0. The third kappa shape index (κ3) is 5.04. The van der Waals surface area contributed by atoms with Gasteiger partial charge in [0, 0.05) is 5.56 Å². The Labute approximate surface area is 113 Å². The number of allylic oxidation sites excluding steroid dienone is 1. The lowest BCUT2D eigenvalue weighted by atomic mass is 10.1. The molecule has 0 bridgehead atoms. The molecule has 1 aromatic carbocycles. The third-order valence-corrected chi connectivity index (χ3v) is 2.50. The van der Waals surface area contributed by atoms with Gasteiger partial charge in [-0.05, 0) is 38.5 Å². The smallest absolute Gasteiger partial charge is 0.307 e. The van der Waals surface area contributed by atoms with E-state index in [1.54, 1.807) is 13.0 Å². The molecule has 0 aliphatic carbocycles. The van der Waals surface area contributed by atoms with Gasteiger partial charge in [0.15, 0.2) is 0 Å². The van der Waals surface area contributed by atoms with E-state index in [0.29, 0.717) is 18.8 Å². The van der Waals surface area contributed by atoms with Crippen LogP contribution in [0.5, 0.6) is 11.5 Å². The number of carboxylic acid groups (broad SMARTS) is 1. The first-order valence-electron chi connectivity index (χ1n) is 6.31. The van der Waals surface area contributed by atoms with Crippen LogP contribution in [0.1, 0.15) is 25.8 Å². The van der Waals surface area contributed by atoms with Gasteiger partial charge < -0.3 is 14.6 Å². The van der Waals surface area contributed by atoms with Gasteiger partial charge in [-0.1, -0.05) is 6.08 Å². The van der Waals surface area contributed by atoms with Gasteiger partial charge in [-0.2, -0.15) is 0 Å². The molecule has 1 rings (SSSR count). The Morgan fingerprint density at radius 3 is 2.84 bits per heavy atom. The maximum Gasteiger partial charge on any atom is 0.307 e. The number of hydrogen-bond donors (Lipinski definition) is 1. The Morgan fingerprint density at radius 1 is 1.53 bits per heavy atom. The third-order valence-electron chi connectivity index (χ3n) is 2.50. The number of aliphatic carboxylic acids is 1. The fourth-order valence-corrected chi connectivity index (χ4v) is 1.75. The SMILES string of the molecule is C=CCc1cc(OCC)ccc1O[C@@H](C)CC(=O)O. The maximum atomic E-state index is 10.6. The van der Waals surface area contributed by atoms with Crippen molar-refractivity contribution in [2.45, 2.75) is 32.8 Å². The van der Waals surface area contributed by atoms with Crippen LogP contribution < -0.4 is 9.47 Å². The lowest BCUT2D eigenvalue weighted by Crippen LogP contribution is -2.17. The Morgan fingerprint density at radius 2 is 2.26 bits per heavy atom. The first-order valence-corrected chi connectivity index (χ1v) is 6.31. The van der Waals surface area contributed by atoms with Crippen LogP contribution in [0, 0.1) is 0 Å². The van der Waals surface area contributed by atoms with Crippen LogP contribution >= 0.6 is 0 Å². The Kier molecular flexibility index (Phi) is 5.93. The fourth-order valence-electron chi connectivity index (χ4n) is 1.75. The van der Waals surface area contributed by atoms with Gasteiger partial charge in [-0.25, -0.2) is 0 Å². The molecule has 0 saturated carbocycles. The number of rotatable bonds is 8. The molecule has 0 radical (unpaired) electrons. The van der Waals surface area contributed by atoms with Crippen molar-refractivity contribution in [3.05, 3.63) is 36.4 Å². The molecule has 0 aromatic heterocycles. The zero-order valence-electron chi connectivity index (χ0n) is 11.4. The second kappa shape index (κ2) is 7.46. The number of carbonyl (C=O) groups is 1. The van der Waals surface area contributed by atoms with Crippen molar-refractivity contribution in [1.82, 2.24) is 0 Å². The van der Waals surface area contributed by atoms with E-state index in [1.807, 2.05) is 25.1 Å². The van der Waals surface area contributed by atoms with Crippen LogP contribution in [0.15, 0.2) is 30.9 Å². The second-order valence-corrected chi connectivity index (χ2v) is 4.22. The molecular formula is C15H20O4. The molecular weight excluding hydrogens is 244 g/mol. The summed E-state index contributed by atoms with van der Waals surface area (Å²) in [5, 5.41) is 8.73. The predicted octanol–water partition coefficient (Wildman–Crippen LogP) is 3.06. The van der Waals surface area contributed by atoms with Crippen molar-refractivity contribution in [2.24, 2.45) is 0 Å². The average molecular weight is 264 g/mol. The minimum Gasteiger partial charge on any atom is -0.494 e. The summed E-state index contributed by atoms with van der Waals surface area (Å²) in [6.45, 7) is 7.97. The molecule has 1 N–H and O–H groups in total. The number of benzene rings is 1. The average Bonchev–Trinajstić information content (AvgIpc) is 2.32. The Hall–Kier alpha value is -1.97. The highest BCUT2D eigenvalue weighted by Gasteiger charge is 2.12. The van der Waals surface area contributed by atoms with Crippen LogP contribution in [0.3, 0.4) is 0 Å². The second-order valence-electron chi connectivity index (χ2n) is 4.22. The molecule has 0 aliphatic heterocycles. The van der Waals surface area contributed by atoms with E-state index < -0.39 is 5.97 Å². The van der Waals surface area contributed by atoms with Crippen LogP contribution in [-0.4, -0.2) is 23.8 Å². The molecule has 0 amide bonds. The summed E-state index contributed by atoms with van der Waals surface area (Å²) in [6.07, 6.45) is 2.02. The maximum absolute atomic E-state index is 10.6. The summed E-state index contributed by atoms with van der Waals surface area (Å²) < 4.78 is 11.1. The first kappa shape index (κ1) is 15.1. The highest BCUT2D eigenvalue weighted by Crippen LogP contribution is 2.26. The number of carboxylic acids is 1. The van der Waals surface area contributed by atoms with Gasteiger partial charge in [0.25, 0.3) is 0 Å². The fraction of sp³-hybridized carbons (Fsp3) is 0.400. The van der Waals surface area contributed by atoms with Crippen molar-refractivity contribution in [3.63, 3.8) is 0 Å². The zero-order valence-corrected chi connectivity index (χ0v) is 11.4. The van der Waals surface area contributed by atoms with E-state index in [9.17, 15) is 4.79 Å². The van der Waals surface area contributed by atoms with Gasteiger partial charge in [0.05, 0.1) is 13.0 Å². The highest BCUT2D eigenvalue weighted by atomic mass is 16.5. The van der Waals surface area contributed by atoms with E-state index in [0.717, 1.165) is 11.3 Å². The van der Waals surface area contributed by atoms with Gasteiger partial charge in [0.1, 0.15) is 17.6 Å². The normalized spacial score (nSPS) is 11.7. The molecule has 0 aliphatic rings. The summed E-state index contributed by atoms with van der Waals surface area (Å²) in [5.41, 5.74) is 0.943. The van der Waals surface area contributed by atoms with Crippen LogP contribution in [0.25, 0.3) is 0 Å². The lowest BCUT2D eigenvalue weighted by Gasteiger charge is -2.16. The summed E-state index contributed by atoms with van der Waals surface area (Å²) in [6, 6.07) is 5.52. The Bertz CT molecular complexity index is 440. The van der Waals surface area contributed by atoms with Crippen molar-refractivity contribution in [3.8, 4) is 11.5 Å². The monoisotopic (exact) mass is 264 g/mol. The van der Waals surface area contributed by atoms with Gasteiger partial charge in [-0.15, -0.1) is 6.58 Å². The van der Waals surface area contributed by atoms with E-state index in [2.05, 4.69) is 6.58 Å². The summed E-state index contributed by atoms with van der Waals surface area (Å²) in [5.74, 6) is 0.582. The molecule has 4 heteroatoms. The van der Waals surface area contributed by atoms with Crippen molar-refractivity contribution >= 4 is 5.97 Å². The van der Waals surface area contributed by atoms with Crippen LogP contribution in [0.2, 0.25) is 0 Å². The first-order chi connectivity index (χ1) is 9.06. The Balaban J connectivity index is 2.86. The molecule has 104 valence electrons. The number of hydrogen-bond acceptors (Lipinski definition) is 3. The van der Waals surface area contributed by atoms with E-state index in [1.165, 1.54) is 0 Å². The summed E-state index contributed by atoms with van der Waals surface area (Å²) >= 11 is 0. The molecule has 0 fully saturated rings. The van der Waals surface area contributed by atoms with E-state index >= 15 is 0 Å². The highest BCUT2D eigenvalue weighted by molar-refractivity contribution is 5.67. The topological polar surface area (TPSA) is 55.8 Å². The molecule has 19 heavy (non-hydrogen) atoms. The quantitative estimate of drug-likeness (QED) is 0.733. The largest absolute Gasteiger partial charge is 0.494 e. The minimum atomic E-state index is -0.872. The molecule has 0 unspecified atom stereocenters. The van der Waals surface area contributed by atoms with Crippen molar-refractivity contribution < 1.29 is 19.4 Å².